The third-order valence-electron chi connectivity index (χ3n) is 6.23. The first-order valence-corrected chi connectivity index (χ1v) is 11.3. The SMILES string of the molecule is C=C1/C=C\C=C/C[C@H](Oc2ccc3nnc(CCN4CCN(C)CC4)n3c2)CC[C@@H]1N. The Morgan fingerprint density at radius 1 is 1.13 bits per heavy atom. The molecule has 2 aliphatic rings. The molecule has 0 saturated carbocycles. The van der Waals surface area contributed by atoms with Gasteiger partial charge in [0.05, 0.1) is 6.20 Å². The first-order valence-electron chi connectivity index (χ1n) is 11.3. The summed E-state index contributed by atoms with van der Waals surface area (Å²) in [5.74, 6) is 1.82. The largest absolute Gasteiger partial charge is 0.489 e. The second-order valence-corrected chi connectivity index (χ2v) is 8.63. The molecule has 1 aliphatic carbocycles. The molecular weight excluding hydrogens is 388 g/mol. The summed E-state index contributed by atoms with van der Waals surface area (Å²) in [5.41, 5.74) is 8.06. The lowest BCUT2D eigenvalue weighted by Gasteiger charge is -2.32. The Hall–Kier alpha value is -2.48. The number of aromatic nitrogens is 3. The van der Waals surface area contributed by atoms with Crippen molar-refractivity contribution in [1.29, 1.82) is 0 Å². The minimum absolute atomic E-state index is 0.0321. The van der Waals surface area contributed by atoms with Gasteiger partial charge in [0.15, 0.2) is 5.65 Å². The number of hydrogen-bond acceptors (Lipinski definition) is 6. The fourth-order valence-electron chi connectivity index (χ4n) is 4.07. The van der Waals surface area contributed by atoms with Crippen molar-refractivity contribution in [2.24, 2.45) is 5.73 Å². The summed E-state index contributed by atoms with van der Waals surface area (Å²) in [7, 11) is 2.18. The summed E-state index contributed by atoms with van der Waals surface area (Å²) in [5, 5.41) is 8.76. The van der Waals surface area contributed by atoms with Crippen LogP contribution in [0.25, 0.3) is 5.65 Å². The number of fused-ring (bicyclic) bond motifs is 1. The van der Waals surface area contributed by atoms with Crippen molar-refractivity contribution >= 4 is 5.65 Å². The van der Waals surface area contributed by atoms with E-state index in [1.165, 1.54) is 0 Å². The molecule has 0 aromatic carbocycles. The number of hydrogen-bond donors (Lipinski definition) is 1. The maximum absolute atomic E-state index is 6.36. The molecule has 7 heteroatoms. The van der Waals surface area contributed by atoms with Crippen LogP contribution in [0.4, 0.5) is 0 Å². The van der Waals surface area contributed by atoms with Crippen LogP contribution in [0, 0.1) is 0 Å². The van der Waals surface area contributed by atoms with Gasteiger partial charge in [-0.3, -0.25) is 4.40 Å². The normalized spacial score (nSPS) is 26.1. The summed E-state index contributed by atoms with van der Waals surface area (Å²) in [6.07, 6.45) is 13.7. The Labute approximate surface area is 184 Å². The van der Waals surface area contributed by atoms with Crippen LogP contribution in [0.3, 0.4) is 0 Å². The fourth-order valence-corrected chi connectivity index (χ4v) is 4.07. The highest BCUT2D eigenvalue weighted by atomic mass is 16.5. The molecule has 2 aromatic heterocycles. The molecule has 31 heavy (non-hydrogen) atoms. The van der Waals surface area contributed by atoms with Crippen molar-refractivity contribution in [2.45, 2.75) is 37.8 Å². The molecule has 3 heterocycles. The predicted octanol–water partition coefficient (Wildman–Crippen LogP) is 2.45. The fraction of sp³-hybridized carbons (Fsp3) is 0.500. The molecule has 166 valence electrons. The van der Waals surface area contributed by atoms with Crippen molar-refractivity contribution in [3.8, 4) is 5.75 Å². The molecule has 2 N–H and O–H groups in total. The Morgan fingerprint density at radius 3 is 2.81 bits per heavy atom. The van der Waals surface area contributed by atoms with Crippen LogP contribution in [-0.4, -0.2) is 76.3 Å². The van der Waals surface area contributed by atoms with E-state index >= 15 is 0 Å². The molecule has 0 unspecified atom stereocenters. The highest BCUT2D eigenvalue weighted by Crippen LogP contribution is 2.21. The quantitative estimate of drug-likeness (QED) is 0.798. The van der Waals surface area contributed by atoms with Crippen LogP contribution >= 0.6 is 0 Å². The number of piperazine rings is 1. The molecule has 7 nitrogen and oxygen atoms in total. The average Bonchev–Trinajstić information content (AvgIpc) is 3.18. The monoisotopic (exact) mass is 422 g/mol. The number of ether oxygens (including phenoxy) is 1. The van der Waals surface area contributed by atoms with Gasteiger partial charge >= 0.3 is 0 Å². The Morgan fingerprint density at radius 2 is 1.97 bits per heavy atom. The second kappa shape index (κ2) is 10.2. The van der Waals surface area contributed by atoms with Crippen LogP contribution < -0.4 is 10.5 Å². The molecule has 0 radical (unpaired) electrons. The van der Waals surface area contributed by atoms with Gasteiger partial charge in [0.1, 0.15) is 17.7 Å². The zero-order valence-corrected chi connectivity index (χ0v) is 18.5. The molecule has 2 aromatic rings. The van der Waals surface area contributed by atoms with Gasteiger partial charge in [-0.2, -0.15) is 0 Å². The van der Waals surface area contributed by atoms with E-state index in [9.17, 15) is 0 Å². The first kappa shape index (κ1) is 21.7. The molecular formula is C24H34N6O. The predicted molar refractivity (Wildman–Crippen MR) is 124 cm³/mol. The smallest absolute Gasteiger partial charge is 0.161 e. The lowest BCUT2D eigenvalue weighted by molar-refractivity contribution is 0.155. The molecule has 0 spiro atoms. The van der Waals surface area contributed by atoms with Crippen molar-refractivity contribution < 1.29 is 4.74 Å². The number of likely N-dealkylation sites (N-methyl/N-ethyl adjacent to an activating group) is 1. The summed E-state index contributed by atoms with van der Waals surface area (Å²) < 4.78 is 8.42. The van der Waals surface area contributed by atoms with Crippen LogP contribution in [-0.2, 0) is 6.42 Å². The zero-order chi connectivity index (χ0) is 21.6. The van der Waals surface area contributed by atoms with Crippen molar-refractivity contribution in [3.63, 3.8) is 0 Å². The van der Waals surface area contributed by atoms with E-state index in [0.717, 1.165) is 81.2 Å². The Bertz CT molecular complexity index is 941. The van der Waals surface area contributed by atoms with Gasteiger partial charge in [-0.25, -0.2) is 0 Å². The van der Waals surface area contributed by atoms with E-state index in [1.54, 1.807) is 0 Å². The van der Waals surface area contributed by atoms with Crippen molar-refractivity contribution in [1.82, 2.24) is 24.4 Å². The van der Waals surface area contributed by atoms with Gasteiger partial charge in [0.25, 0.3) is 0 Å². The maximum Gasteiger partial charge on any atom is 0.161 e. The third-order valence-corrected chi connectivity index (χ3v) is 6.23. The van der Waals surface area contributed by atoms with E-state index in [0.29, 0.717) is 0 Å². The van der Waals surface area contributed by atoms with Crippen molar-refractivity contribution in [2.75, 3.05) is 39.8 Å². The summed E-state index contributed by atoms with van der Waals surface area (Å²) in [4.78, 5) is 4.87. The molecule has 0 bridgehead atoms. The van der Waals surface area contributed by atoms with Crippen LogP contribution in [0.2, 0.25) is 0 Å². The molecule has 1 fully saturated rings. The van der Waals surface area contributed by atoms with Crippen LogP contribution in [0.1, 0.15) is 25.1 Å². The number of pyridine rings is 1. The molecule has 4 rings (SSSR count). The zero-order valence-electron chi connectivity index (χ0n) is 18.5. The highest BCUT2D eigenvalue weighted by molar-refractivity contribution is 5.41. The molecule has 1 saturated heterocycles. The second-order valence-electron chi connectivity index (χ2n) is 8.63. The number of nitrogens with two attached hydrogens (primary N) is 1. The highest BCUT2D eigenvalue weighted by Gasteiger charge is 2.17. The van der Waals surface area contributed by atoms with Gasteiger partial charge in [-0.15, -0.1) is 10.2 Å². The van der Waals surface area contributed by atoms with Crippen molar-refractivity contribution in [3.05, 3.63) is 60.6 Å². The first-order chi connectivity index (χ1) is 15.1. The van der Waals surface area contributed by atoms with E-state index in [-0.39, 0.29) is 12.1 Å². The van der Waals surface area contributed by atoms with Gasteiger partial charge in [0, 0.05) is 51.6 Å². The molecule has 2 atom stereocenters. The number of allylic oxidation sites excluding steroid dienone is 2. The van der Waals surface area contributed by atoms with E-state index < -0.39 is 0 Å². The Balaban J connectivity index is 1.42. The van der Waals surface area contributed by atoms with Gasteiger partial charge in [-0.05, 0) is 37.6 Å². The summed E-state index contributed by atoms with van der Waals surface area (Å²) in [6.45, 7) is 9.54. The third kappa shape index (κ3) is 5.81. The number of nitrogens with zero attached hydrogens (tertiary/aromatic N) is 5. The standard InChI is InChI=1S/C24H34N6O/c1-19-6-4-3-5-7-20(8-10-22(19)25)31-21-9-11-23-26-27-24(30(23)18-21)12-13-29-16-14-28(2)15-17-29/h3-6,9,11,18,20,22H,1,7-8,10,12-17,25H2,2H3/b5-3-,6-4-/t20-,22-/m0/s1. The molecule has 0 amide bonds. The number of rotatable bonds is 5. The topological polar surface area (TPSA) is 71.9 Å². The van der Waals surface area contributed by atoms with E-state index in [2.05, 4.69) is 44.1 Å². The molecule has 1 aliphatic heterocycles. The maximum atomic E-state index is 6.36. The Kier molecular flexibility index (Phi) is 7.17. The van der Waals surface area contributed by atoms with E-state index in [4.69, 9.17) is 10.5 Å². The van der Waals surface area contributed by atoms with Gasteiger partial charge in [-0.1, -0.05) is 30.9 Å². The van der Waals surface area contributed by atoms with Crippen LogP contribution in [0.5, 0.6) is 5.75 Å². The minimum Gasteiger partial charge on any atom is -0.489 e. The van der Waals surface area contributed by atoms with E-state index in [1.807, 2.05) is 36.6 Å². The lowest BCUT2D eigenvalue weighted by Crippen LogP contribution is -2.45. The summed E-state index contributed by atoms with van der Waals surface area (Å²) in [6, 6.07) is 3.93. The minimum atomic E-state index is -0.0321. The van der Waals surface area contributed by atoms with Crippen LogP contribution in [0.15, 0.2) is 54.8 Å². The average molecular weight is 423 g/mol. The van der Waals surface area contributed by atoms with Gasteiger partial charge < -0.3 is 20.3 Å². The van der Waals surface area contributed by atoms with Gasteiger partial charge in [0.2, 0.25) is 0 Å². The lowest BCUT2D eigenvalue weighted by atomic mass is 9.99. The summed E-state index contributed by atoms with van der Waals surface area (Å²) >= 11 is 0.